The van der Waals surface area contributed by atoms with Gasteiger partial charge in [0.05, 0.1) is 23.1 Å². The maximum Gasteiger partial charge on any atom is 0.351 e. The largest absolute Gasteiger partial charge is 0.479 e. The summed E-state index contributed by atoms with van der Waals surface area (Å²) in [5, 5.41) is 3.27. The zero-order valence-electron chi connectivity index (χ0n) is 17.4. The van der Waals surface area contributed by atoms with Gasteiger partial charge in [0.25, 0.3) is 0 Å². The molecular weight excluding hydrogens is 501 g/mol. The van der Waals surface area contributed by atoms with E-state index in [1.165, 1.54) is 30.6 Å². The average molecular weight is 522 g/mol. The summed E-state index contributed by atoms with van der Waals surface area (Å²) < 4.78 is 29.3. The highest BCUT2D eigenvalue weighted by Crippen LogP contribution is 2.46. The van der Waals surface area contributed by atoms with Gasteiger partial charge in [0.1, 0.15) is 5.82 Å². The molecule has 0 saturated carbocycles. The van der Waals surface area contributed by atoms with Gasteiger partial charge in [-0.25, -0.2) is 14.0 Å². The Balaban J connectivity index is 1.85. The van der Waals surface area contributed by atoms with Crippen LogP contribution in [0.3, 0.4) is 0 Å². The summed E-state index contributed by atoms with van der Waals surface area (Å²) in [5.41, 5.74) is 2.46. The molecule has 0 atom stereocenters. The Morgan fingerprint density at radius 3 is 2.66 bits per heavy atom. The van der Waals surface area contributed by atoms with Crippen LogP contribution in [0.15, 0.2) is 53.0 Å². The van der Waals surface area contributed by atoms with Crippen LogP contribution in [0.2, 0.25) is 0 Å². The molecule has 32 heavy (non-hydrogen) atoms. The highest BCUT2D eigenvalue weighted by molar-refractivity contribution is 9.10. The van der Waals surface area contributed by atoms with E-state index in [0.717, 1.165) is 21.7 Å². The van der Waals surface area contributed by atoms with Crippen molar-refractivity contribution in [2.24, 2.45) is 0 Å². The number of benzene rings is 2. The third kappa shape index (κ3) is 5.86. The van der Waals surface area contributed by atoms with Gasteiger partial charge in [-0.3, -0.25) is 0 Å². The first-order chi connectivity index (χ1) is 15.4. The number of rotatable bonds is 9. The van der Waals surface area contributed by atoms with E-state index in [0.29, 0.717) is 11.0 Å². The quantitative estimate of drug-likeness (QED) is 0.366. The first-order valence-electron chi connectivity index (χ1n) is 9.70. The van der Waals surface area contributed by atoms with Gasteiger partial charge < -0.3 is 19.5 Å². The van der Waals surface area contributed by atoms with Crippen molar-refractivity contribution in [3.8, 4) is 16.2 Å². The second kappa shape index (κ2) is 11.1. The summed E-state index contributed by atoms with van der Waals surface area (Å²) in [6.07, 6.45) is 0. The van der Waals surface area contributed by atoms with Gasteiger partial charge in [0.2, 0.25) is 0 Å². The number of ether oxygens (including phenoxy) is 3. The molecule has 2 aromatic carbocycles. The molecule has 0 spiro atoms. The van der Waals surface area contributed by atoms with E-state index in [9.17, 15) is 14.0 Å². The molecule has 1 heterocycles. The smallest absolute Gasteiger partial charge is 0.351 e. The number of anilines is 1. The van der Waals surface area contributed by atoms with E-state index < -0.39 is 11.9 Å². The average Bonchev–Trinajstić information content (AvgIpc) is 3.12. The van der Waals surface area contributed by atoms with Gasteiger partial charge in [-0.2, -0.15) is 0 Å². The highest BCUT2D eigenvalue weighted by Gasteiger charge is 2.25. The van der Waals surface area contributed by atoms with E-state index in [1.807, 2.05) is 30.3 Å². The number of halogens is 2. The van der Waals surface area contributed by atoms with Gasteiger partial charge in [0.15, 0.2) is 17.2 Å². The Hall–Kier alpha value is -2.91. The molecule has 0 aliphatic carbocycles. The molecule has 3 aromatic rings. The van der Waals surface area contributed by atoms with Gasteiger partial charge in [-0.15, -0.1) is 11.3 Å². The Morgan fingerprint density at radius 1 is 1.16 bits per heavy atom. The fraction of sp³-hybridized carbons (Fsp3) is 0.217. The Labute approximate surface area is 197 Å². The van der Waals surface area contributed by atoms with Gasteiger partial charge >= 0.3 is 11.9 Å². The van der Waals surface area contributed by atoms with Crippen molar-refractivity contribution in [2.45, 2.75) is 13.5 Å². The maximum absolute atomic E-state index is 13.4. The van der Waals surface area contributed by atoms with E-state index in [2.05, 4.69) is 21.2 Å². The van der Waals surface area contributed by atoms with Crippen molar-refractivity contribution in [1.82, 2.24) is 0 Å². The minimum atomic E-state index is -0.568. The summed E-state index contributed by atoms with van der Waals surface area (Å²) in [6.45, 7) is 2.05. The molecule has 0 unspecified atom stereocenters. The molecule has 1 N–H and O–H groups in total. The van der Waals surface area contributed by atoms with E-state index in [-0.39, 0.29) is 29.7 Å². The molecule has 0 aliphatic heterocycles. The first-order valence-corrected chi connectivity index (χ1v) is 11.3. The van der Waals surface area contributed by atoms with Crippen LogP contribution in [-0.2, 0) is 20.8 Å². The SMILES string of the molecule is CCOC(=O)COc1c(C(=O)OC)sc(-c2cccc(NCc3cccc(F)c3)c2)c1Br. The van der Waals surface area contributed by atoms with Crippen LogP contribution < -0.4 is 10.1 Å². The number of methoxy groups -OCH3 is 1. The second-order valence-electron chi connectivity index (χ2n) is 6.55. The van der Waals surface area contributed by atoms with Crippen molar-refractivity contribution in [1.29, 1.82) is 0 Å². The standard InChI is InChI=1S/C23H21BrFNO5S/c1-3-30-18(27)13-31-20-19(24)21(32-22(20)23(28)29-2)15-7-5-9-17(11-15)26-12-14-6-4-8-16(25)10-14/h4-11,26H,3,12-13H2,1-2H3. The predicted molar refractivity (Wildman–Crippen MR) is 125 cm³/mol. The monoisotopic (exact) mass is 521 g/mol. The number of carbonyl (C=O) groups excluding carboxylic acids is 2. The van der Waals surface area contributed by atoms with Crippen LogP contribution in [0.5, 0.6) is 5.75 Å². The lowest BCUT2D eigenvalue weighted by Crippen LogP contribution is -2.15. The fourth-order valence-corrected chi connectivity index (χ4v) is 4.86. The summed E-state index contributed by atoms with van der Waals surface area (Å²) in [4.78, 5) is 25.0. The van der Waals surface area contributed by atoms with E-state index in [1.54, 1.807) is 13.0 Å². The molecule has 0 radical (unpaired) electrons. The molecule has 0 aliphatic rings. The predicted octanol–water partition coefficient (Wildman–Crippen LogP) is 5.66. The summed E-state index contributed by atoms with van der Waals surface area (Å²) in [7, 11) is 1.28. The molecule has 1 aromatic heterocycles. The minimum Gasteiger partial charge on any atom is -0.479 e. The zero-order chi connectivity index (χ0) is 23.1. The topological polar surface area (TPSA) is 73.9 Å². The van der Waals surface area contributed by atoms with Crippen molar-refractivity contribution < 1.29 is 28.2 Å². The van der Waals surface area contributed by atoms with Crippen LogP contribution in [0.25, 0.3) is 10.4 Å². The molecule has 0 saturated heterocycles. The van der Waals surface area contributed by atoms with Gasteiger partial charge in [0, 0.05) is 12.2 Å². The normalized spacial score (nSPS) is 10.5. The van der Waals surface area contributed by atoms with Crippen molar-refractivity contribution in [3.05, 3.63) is 69.3 Å². The lowest BCUT2D eigenvalue weighted by Gasteiger charge is -2.09. The van der Waals surface area contributed by atoms with Crippen LogP contribution in [-0.4, -0.2) is 32.3 Å². The molecule has 0 amide bonds. The molecule has 0 bridgehead atoms. The second-order valence-corrected chi connectivity index (χ2v) is 8.37. The maximum atomic E-state index is 13.4. The first kappa shape index (κ1) is 23.7. The molecule has 0 fully saturated rings. The van der Waals surface area contributed by atoms with Crippen LogP contribution in [0.4, 0.5) is 10.1 Å². The molecular formula is C23H21BrFNO5S. The number of esters is 2. The van der Waals surface area contributed by atoms with Crippen molar-refractivity contribution in [2.75, 3.05) is 25.6 Å². The lowest BCUT2D eigenvalue weighted by molar-refractivity contribution is -0.145. The lowest BCUT2D eigenvalue weighted by atomic mass is 10.1. The summed E-state index contributed by atoms with van der Waals surface area (Å²) in [6, 6.07) is 13.9. The van der Waals surface area contributed by atoms with Crippen LogP contribution >= 0.6 is 27.3 Å². The molecule has 9 heteroatoms. The Kier molecular flexibility index (Phi) is 8.24. The van der Waals surface area contributed by atoms with Crippen molar-refractivity contribution in [3.63, 3.8) is 0 Å². The number of thiophene rings is 1. The zero-order valence-corrected chi connectivity index (χ0v) is 19.8. The molecule has 6 nitrogen and oxygen atoms in total. The molecule has 168 valence electrons. The van der Waals surface area contributed by atoms with Crippen LogP contribution in [0.1, 0.15) is 22.2 Å². The van der Waals surface area contributed by atoms with Gasteiger partial charge in [-0.05, 0) is 58.2 Å². The van der Waals surface area contributed by atoms with E-state index >= 15 is 0 Å². The minimum absolute atomic E-state index is 0.225. The molecule has 3 rings (SSSR count). The highest BCUT2D eigenvalue weighted by atomic mass is 79.9. The van der Waals surface area contributed by atoms with E-state index in [4.69, 9.17) is 14.2 Å². The Bertz CT molecular complexity index is 1120. The number of carbonyl (C=O) groups is 2. The van der Waals surface area contributed by atoms with Crippen LogP contribution in [0, 0.1) is 5.82 Å². The number of hydrogen-bond acceptors (Lipinski definition) is 7. The van der Waals surface area contributed by atoms with Crippen molar-refractivity contribution >= 4 is 44.9 Å². The third-order valence-corrected chi connectivity index (χ3v) is 6.55. The summed E-state index contributed by atoms with van der Waals surface area (Å²) >= 11 is 4.68. The number of hydrogen-bond donors (Lipinski definition) is 1. The van der Waals surface area contributed by atoms with Gasteiger partial charge in [-0.1, -0.05) is 24.3 Å². The third-order valence-electron chi connectivity index (χ3n) is 4.33. The summed E-state index contributed by atoms with van der Waals surface area (Å²) in [5.74, 6) is -1.16. The fourth-order valence-electron chi connectivity index (χ4n) is 2.89. The number of nitrogens with one attached hydrogen (secondary N) is 1. The Morgan fingerprint density at radius 2 is 1.94 bits per heavy atom.